The number of anilines is 1. The molecular formula is C18H20N4O4. The monoisotopic (exact) mass is 356 g/mol. The summed E-state index contributed by atoms with van der Waals surface area (Å²) in [7, 11) is 1.55. The number of nitrogens with one attached hydrogen (secondary N) is 1. The fourth-order valence-electron chi connectivity index (χ4n) is 3.79. The molecule has 0 radical (unpaired) electrons. The lowest BCUT2D eigenvalue weighted by Gasteiger charge is -2.35. The van der Waals surface area contributed by atoms with Crippen LogP contribution in [0.15, 0.2) is 29.1 Å². The van der Waals surface area contributed by atoms with Crippen molar-refractivity contribution in [2.45, 2.75) is 31.1 Å². The summed E-state index contributed by atoms with van der Waals surface area (Å²) in [4.78, 5) is 31.2. The van der Waals surface area contributed by atoms with Crippen LogP contribution in [0.5, 0.6) is 5.75 Å². The van der Waals surface area contributed by atoms with Crippen LogP contribution in [0.2, 0.25) is 0 Å². The molecule has 136 valence electrons. The largest absolute Gasteiger partial charge is 0.495 e. The van der Waals surface area contributed by atoms with Gasteiger partial charge in [0.1, 0.15) is 5.75 Å². The SMILES string of the molecule is COc1cccc2c1NC(=O)CC2C(=O)N1CCC(c2ncon2)CC1. The summed E-state index contributed by atoms with van der Waals surface area (Å²) in [6.07, 6.45) is 3.06. The van der Waals surface area contributed by atoms with E-state index in [0.717, 1.165) is 18.4 Å². The number of benzene rings is 1. The molecule has 0 spiro atoms. The lowest BCUT2D eigenvalue weighted by Crippen LogP contribution is -2.42. The summed E-state index contributed by atoms with van der Waals surface area (Å²) in [5.41, 5.74) is 1.42. The van der Waals surface area contributed by atoms with Gasteiger partial charge in [-0.3, -0.25) is 9.59 Å². The number of ether oxygens (including phenoxy) is 1. The van der Waals surface area contributed by atoms with Crippen molar-refractivity contribution in [1.29, 1.82) is 0 Å². The summed E-state index contributed by atoms with van der Waals surface area (Å²) < 4.78 is 10.1. The smallest absolute Gasteiger partial charge is 0.230 e. The number of aromatic nitrogens is 2. The van der Waals surface area contributed by atoms with Crippen molar-refractivity contribution >= 4 is 17.5 Å². The Morgan fingerprint density at radius 2 is 2.15 bits per heavy atom. The van der Waals surface area contributed by atoms with Gasteiger partial charge in [0.05, 0.1) is 18.7 Å². The molecule has 1 aromatic heterocycles. The van der Waals surface area contributed by atoms with Gasteiger partial charge in [-0.2, -0.15) is 4.98 Å². The topological polar surface area (TPSA) is 97.6 Å². The molecule has 1 fully saturated rings. The van der Waals surface area contributed by atoms with E-state index in [4.69, 9.17) is 9.26 Å². The Labute approximate surface area is 150 Å². The van der Waals surface area contributed by atoms with Crippen LogP contribution < -0.4 is 10.1 Å². The first-order valence-corrected chi connectivity index (χ1v) is 8.69. The minimum atomic E-state index is -0.476. The van der Waals surface area contributed by atoms with E-state index in [1.807, 2.05) is 17.0 Å². The molecule has 0 bridgehead atoms. The number of methoxy groups -OCH3 is 1. The number of carbonyl (C=O) groups excluding carboxylic acids is 2. The van der Waals surface area contributed by atoms with Crippen molar-refractivity contribution in [2.24, 2.45) is 0 Å². The highest BCUT2D eigenvalue weighted by Crippen LogP contribution is 2.40. The van der Waals surface area contributed by atoms with Gasteiger partial charge in [0.25, 0.3) is 0 Å². The van der Waals surface area contributed by atoms with Gasteiger partial charge in [-0.1, -0.05) is 17.3 Å². The Balaban J connectivity index is 1.52. The Morgan fingerprint density at radius 1 is 1.35 bits per heavy atom. The fraction of sp³-hybridized carbons (Fsp3) is 0.444. The highest BCUT2D eigenvalue weighted by molar-refractivity contribution is 6.02. The van der Waals surface area contributed by atoms with Crippen LogP contribution in [0.25, 0.3) is 0 Å². The second-order valence-corrected chi connectivity index (χ2v) is 6.62. The molecule has 1 saturated heterocycles. The predicted octanol–water partition coefficient (Wildman–Crippen LogP) is 1.91. The molecule has 4 rings (SSSR count). The molecule has 2 amide bonds. The zero-order chi connectivity index (χ0) is 18.1. The third-order valence-electron chi connectivity index (χ3n) is 5.16. The maximum atomic E-state index is 13.1. The Bertz CT molecular complexity index is 813. The number of fused-ring (bicyclic) bond motifs is 1. The average Bonchev–Trinajstić information content (AvgIpc) is 3.21. The highest BCUT2D eigenvalue weighted by atomic mass is 16.5. The molecule has 1 atom stereocenters. The number of likely N-dealkylation sites (tertiary alicyclic amines) is 1. The molecule has 8 heteroatoms. The quantitative estimate of drug-likeness (QED) is 0.902. The van der Waals surface area contributed by atoms with E-state index in [0.29, 0.717) is 30.4 Å². The third-order valence-corrected chi connectivity index (χ3v) is 5.16. The first-order valence-electron chi connectivity index (χ1n) is 8.69. The van der Waals surface area contributed by atoms with Crippen molar-refractivity contribution in [3.8, 4) is 5.75 Å². The molecule has 2 aliphatic heterocycles. The number of hydrogen-bond donors (Lipinski definition) is 1. The lowest BCUT2D eigenvalue weighted by molar-refractivity contribution is -0.136. The van der Waals surface area contributed by atoms with Crippen molar-refractivity contribution < 1.29 is 18.8 Å². The standard InChI is InChI=1S/C18H20N4O4/c1-25-14-4-2-3-12-13(9-15(23)20-16(12)14)18(24)22-7-5-11(6-8-22)17-19-10-26-21-17/h2-4,10-11,13H,5-9H2,1H3,(H,20,23). The molecule has 2 aromatic rings. The number of nitrogens with zero attached hydrogens (tertiary/aromatic N) is 3. The highest BCUT2D eigenvalue weighted by Gasteiger charge is 2.36. The lowest BCUT2D eigenvalue weighted by atomic mass is 9.87. The van der Waals surface area contributed by atoms with E-state index < -0.39 is 5.92 Å². The summed E-state index contributed by atoms with van der Waals surface area (Å²) in [6.45, 7) is 1.24. The van der Waals surface area contributed by atoms with E-state index in [9.17, 15) is 9.59 Å². The van der Waals surface area contributed by atoms with E-state index in [-0.39, 0.29) is 24.2 Å². The maximum absolute atomic E-state index is 13.1. The Hall–Kier alpha value is -2.90. The molecular weight excluding hydrogens is 336 g/mol. The zero-order valence-electron chi connectivity index (χ0n) is 14.5. The third kappa shape index (κ3) is 2.91. The van der Waals surface area contributed by atoms with Crippen molar-refractivity contribution in [1.82, 2.24) is 15.0 Å². The Morgan fingerprint density at radius 3 is 2.85 bits per heavy atom. The average molecular weight is 356 g/mol. The maximum Gasteiger partial charge on any atom is 0.230 e. The minimum absolute atomic E-state index is 0.0130. The second kappa shape index (κ2) is 6.78. The zero-order valence-corrected chi connectivity index (χ0v) is 14.5. The molecule has 1 unspecified atom stereocenters. The van der Waals surface area contributed by atoms with Gasteiger partial charge < -0.3 is 19.5 Å². The molecule has 26 heavy (non-hydrogen) atoms. The molecule has 8 nitrogen and oxygen atoms in total. The van der Waals surface area contributed by atoms with Gasteiger partial charge in [-0.25, -0.2) is 0 Å². The van der Waals surface area contributed by atoms with Crippen LogP contribution >= 0.6 is 0 Å². The summed E-state index contributed by atoms with van der Waals surface area (Å²) in [5, 5.41) is 6.73. The number of para-hydroxylation sites is 1. The van der Waals surface area contributed by atoms with Crippen LogP contribution in [0.3, 0.4) is 0 Å². The van der Waals surface area contributed by atoms with Crippen molar-refractivity contribution in [2.75, 3.05) is 25.5 Å². The first kappa shape index (κ1) is 16.6. The van der Waals surface area contributed by atoms with E-state index >= 15 is 0 Å². The molecule has 3 heterocycles. The Kier molecular flexibility index (Phi) is 4.32. The summed E-state index contributed by atoms with van der Waals surface area (Å²) in [6, 6.07) is 5.51. The number of carbonyl (C=O) groups is 2. The van der Waals surface area contributed by atoms with E-state index in [1.54, 1.807) is 13.2 Å². The number of hydrogen-bond acceptors (Lipinski definition) is 6. The fourth-order valence-corrected chi connectivity index (χ4v) is 3.79. The number of piperidine rings is 1. The molecule has 0 aliphatic carbocycles. The minimum Gasteiger partial charge on any atom is -0.495 e. The second-order valence-electron chi connectivity index (χ2n) is 6.62. The van der Waals surface area contributed by atoms with Crippen molar-refractivity contribution in [3.05, 3.63) is 36.0 Å². The summed E-state index contributed by atoms with van der Waals surface area (Å²) >= 11 is 0. The van der Waals surface area contributed by atoms with Crippen LogP contribution in [0.4, 0.5) is 5.69 Å². The van der Waals surface area contributed by atoms with Gasteiger partial charge >= 0.3 is 0 Å². The molecule has 2 aliphatic rings. The van der Waals surface area contributed by atoms with E-state index in [2.05, 4.69) is 15.5 Å². The van der Waals surface area contributed by atoms with Gasteiger partial charge in [0, 0.05) is 25.4 Å². The van der Waals surface area contributed by atoms with Gasteiger partial charge in [0.15, 0.2) is 5.82 Å². The van der Waals surface area contributed by atoms with E-state index in [1.165, 1.54) is 6.39 Å². The number of amides is 2. The molecule has 0 saturated carbocycles. The van der Waals surface area contributed by atoms with Crippen molar-refractivity contribution in [3.63, 3.8) is 0 Å². The first-order chi connectivity index (χ1) is 12.7. The van der Waals surface area contributed by atoms with Crippen LogP contribution in [-0.4, -0.2) is 47.1 Å². The number of rotatable bonds is 3. The molecule has 1 N–H and O–H groups in total. The normalized spacial score (nSPS) is 20.4. The summed E-state index contributed by atoms with van der Waals surface area (Å²) in [5.74, 6) is 0.826. The van der Waals surface area contributed by atoms with Crippen LogP contribution in [0, 0.1) is 0 Å². The predicted molar refractivity (Wildman–Crippen MR) is 91.8 cm³/mol. The van der Waals surface area contributed by atoms with Gasteiger partial charge in [0.2, 0.25) is 18.2 Å². The van der Waals surface area contributed by atoms with Crippen LogP contribution in [0.1, 0.15) is 42.5 Å². The van der Waals surface area contributed by atoms with Crippen LogP contribution in [-0.2, 0) is 9.59 Å². The molecule has 1 aromatic carbocycles. The van der Waals surface area contributed by atoms with Gasteiger partial charge in [-0.15, -0.1) is 0 Å². The van der Waals surface area contributed by atoms with Gasteiger partial charge in [-0.05, 0) is 24.5 Å².